The highest BCUT2D eigenvalue weighted by Gasteiger charge is 2.63. The van der Waals surface area contributed by atoms with Gasteiger partial charge in [-0.05, 0) is 248 Å². The molecule has 16 unspecified atom stereocenters. The number of hydrogen-bond acceptors (Lipinski definition) is 2. The van der Waals surface area contributed by atoms with Crippen molar-refractivity contribution < 1.29 is 26.3 Å². The molecule has 9 heteroatoms. The zero-order valence-corrected chi connectivity index (χ0v) is 57.2. The highest BCUT2D eigenvalue weighted by Crippen LogP contribution is 2.69. The summed E-state index contributed by atoms with van der Waals surface area (Å²) in [4.78, 5) is 4.54. The van der Waals surface area contributed by atoms with Gasteiger partial charge in [0.1, 0.15) is 25.5 Å². The van der Waals surface area contributed by atoms with Crippen LogP contribution >= 0.6 is 0 Å². The Morgan fingerprint density at radius 3 is 2.26 bits per heavy atom. The van der Waals surface area contributed by atoms with Crippen LogP contribution in [0.5, 0.6) is 0 Å². The van der Waals surface area contributed by atoms with Crippen LogP contribution in [0.15, 0.2) is 312 Å². The number of hydrogen-bond donors (Lipinski definition) is 0. The van der Waals surface area contributed by atoms with Crippen molar-refractivity contribution in [3.63, 3.8) is 0 Å². The first kappa shape index (κ1) is 64.0. The molecule has 0 spiro atoms. The molecule has 502 valence electrons. The lowest BCUT2D eigenvalue weighted by atomic mass is 9.54. The van der Waals surface area contributed by atoms with Gasteiger partial charge in [0, 0.05) is 46.2 Å². The average molecular weight is 1340 g/mol. The molecule has 13 aliphatic carbocycles. The summed E-state index contributed by atoms with van der Waals surface area (Å²) >= 11 is 0. The molecule has 1 fully saturated rings. The van der Waals surface area contributed by atoms with Crippen LogP contribution in [-0.4, -0.2) is 37.5 Å². The quantitative estimate of drug-likeness (QED) is 0.0902. The van der Waals surface area contributed by atoms with Gasteiger partial charge in [0.25, 0.3) is 0 Å². The van der Waals surface area contributed by atoms with Gasteiger partial charge < -0.3 is 9.80 Å². The zero-order chi connectivity index (χ0) is 67.3. The van der Waals surface area contributed by atoms with Crippen LogP contribution in [0.3, 0.4) is 0 Å². The summed E-state index contributed by atoms with van der Waals surface area (Å²) in [6.45, 7) is 8.37. The molecule has 0 saturated heterocycles. The van der Waals surface area contributed by atoms with E-state index in [0.717, 1.165) is 104 Å². The molecule has 14 aliphatic rings. The maximum Gasteiger partial charge on any atom is 0.155 e. The van der Waals surface area contributed by atoms with E-state index in [0.29, 0.717) is 36.6 Å². The topological polar surface area (TPSA) is 6.48 Å². The maximum absolute atomic E-state index is 16.5. The van der Waals surface area contributed by atoms with Gasteiger partial charge in [0.05, 0.1) is 11.5 Å². The number of rotatable bonds is 14. The van der Waals surface area contributed by atoms with Crippen LogP contribution in [0.4, 0.5) is 32.0 Å². The highest BCUT2D eigenvalue weighted by atomic mass is 28.3. The van der Waals surface area contributed by atoms with Crippen LogP contribution in [0, 0.1) is 52.7 Å². The minimum absolute atomic E-state index is 0.00544. The van der Waals surface area contributed by atoms with Crippen LogP contribution in [0.1, 0.15) is 124 Å². The standard InChI is InChI=1S/C90H86F6N2Si/c1-3-57-23-27-59(28-24-57)89(61-31-35-63(91)36-32-61)79-21-13-11-19-73(79)75-45-39-67(53-81(75)89)97(69-41-47-83(93)85(95)55-69)65-43-49-87-77(51-65)78-52-66(44-50-88(78)99(87,71-15-7-5-8-16-71)72-17-9-6-10-18-72)98(70-42-48-84(94)86(96)56-70)68-40-46-76-74-20-12-14-22-80(74)90(82(76)54-68,62-33-37-64(92)38-34-62)60-29-25-58(4-2)26-30-60/h3-5,7,9,11-13,15,17-21,25,27,29-33,35-42,44-46,48,50-52,54-58,62,67,74,76-77,80,82-84,86-87H,1-2,6,8,10,14,16,22-24,26,28,34,43,47,49,53H2. The predicted molar refractivity (Wildman–Crippen MR) is 394 cm³/mol. The lowest BCUT2D eigenvalue weighted by Gasteiger charge is -2.49. The molecule has 1 heterocycles. The SMILES string of the molecule is C=CC1C=CC(C2(C3C=CC(F)=CC3)C3C=C(N(C4=CC(F)C(F)C=C4)c4ccc5c(c4)C4C=C(N(C6=CCC(F)C(F)=C6)C6C=CC7=C(C6)C(C6=CCC(C=C)CC6)(c6ccc(F)cc6)c6ccccc67)CCC4[Si]5(C4=CCCC=C4)C4=CC=CCC4)C=CC3C3C=CCCC32)=CC1. The lowest BCUT2D eigenvalue weighted by molar-refractivity contribution is 0.124. The summed E-state index contributed by atoms with van der Waals surface area (Å²) in [7, 11) is -2.91. The highest BCUT2D eigenvalue weighted by molar-refractivity contribution is 7.05. The summed E-state index contributed by atoms with van der Waals surface area (Å²) in [5.74, 6) is -0.300. The third-order valence-corrected chi connectivity index (χ3v) is 31.3. The van der Waals surface area contributed by atoms with Crippen molar-refractivity contribution in [1.29, 1.82) is 0 Å². The molecule has 1 aliphatic heterocycles. The molecule has 16 atom stereocenters. The minimum Gasteiger partial charge on any atom is -0.338 e. The van der Waals surface area contributed by atoms with Crippen molar-refractivity contribution in [2.45, 2.75) is 138 Å². The predicted octanol–water partition coefficient (Wildman–Crippen LogP) is 22.4. The van der Waals surface area contributed by atoms with E-state index in [1.165, 1.54) is 61.7 Å². The Morgan fingerprint density at radius 2 is 1.51 bits per heavy atom. The lowest BCUT2D eigenvalue weighted by Crippen LogP contribution is -2.54. The molecule has 0 aromatic heterocycles. The average Bonchev–Trinajstić information content (AvgIpc) is 1.56. The van der Waals surface area contributed by atoms with E-state index in [-0.39, 0.29) is 71.1 Å². The smallest absolute Gasteiger partial charge is 0.155 e. The van der Waals surface area contributed by atoms with Crippen molar-refractivity contribution >= 4 is 24.5 Å². The van der Waals surface area contributed by atoms with E-state index in [2.05, 4.69) is 187 Å². The molecule has 2 nitrogen and oxygen atoms in total. The van der Waals surface area contributed by atoms with E-state index < -0.39 is 43.2 Å². The fourth-order valence-corrected chi connectivity index (χ4v) is 27.9. The molecule has 0 radical (unpaired) electrons. The van der Waals surface area contributed by atoms with Crippen molar-refractivity contribution in [1.82, 2.24) is 4.90 Å². The van der Waals surface area contributed by atoms with Gasteiger partial charge in [-0.2, -0.15) is 0 Å². The van der Waals surface area contributed by atoms with Crippen molar-refractivity contribution in [2.75, 3.05) is 4.90 Å². The van der Waals surface area contributed by atoms with Gasteiger partial charge in [-0.1, -0.05) is 186 Å². The molecule has 1 saturated carbocycles. The molecule has 0 N–H and O–H groups in total. The van der Waals surface area contributed by atoms with Gasteiger partial charge in [-0.3, -0.25) is 0 Å². The Bertz CT molecular complexity index is 4500. The molecule has 0 bridgehead atoms. The number of anilines is 1. The number of benzene rings is 3. The Labute approximate surface area is 581 Å². The van der Waals surface area contributed by atoms with Crippen LogP contribution < -0.4 is 10.1 Å². The van der Waals surface area contributed by atoms with Gasteiger partial charge in [-0.25, -0.2) is 26.3 Å². The summed E-state index contributed by atoms with van der Waals surface area (Å²) < 4.78 is 94.8. The number of nitrogens with zero attached hydrogens (tertiary/aromatic N) is 2. The van der Waals surface area contributed by atoms with Crippen LogP contribution in [-0.2, 0) is 5.41 Å². The number of fused-ring (bicyclic) bond motifs is 8. The van der Waals surface area contributed by atoms with E-state index in [1.54, 1.807) is 30.4 Å². The second-order valence-electron chi connectivity index (χ2n) is 30.1. The largest absolute Gasteiger partial charge is 0.338 e. The van der Waals surface area contributed by atoms with Gasteiger partial charge in [0.15, 0.2) is 18.5 Å². The Kier molecular flexibility index (Phi) is 16.6. The minimum atomic E-state index is -2.91. The molecular weight excluding hydrogens is 1250 g/mol. The van der Waals surface area contributed by atoms with Crippen LogP contribution in [0.25, 0.3) is 5.57 Å². The molecule has 3 aromatic rings. The van der Waals surface area contributed by atoms with E-state index >= 15 is 26.3 Å². The molecule has 0 amide bonds. The maximum atomic E-state index is 16.5. The van der Waals surface area contributed by atoms with Crippen molar-refractivity contribution in [3.8, 4) is 0 Å². The molecular formula is C90H86F6N2Si. The fraction of sp³-hybridized carbons (Fsp3) is 0.333. The summed E-state index contributed by atoms with van der Waals surface area (Å²) in [6, 6.07) is 22.5. The number of halogens is 6. The van der Waals surface area contributed by atoms with Gasteiger partial charge >= 0.3 is 0 Å². The van der Waals surface area contributed by atoms with Crippen LogP contribution in [0.2, 0.25) is 5.54 Å². The van der Waals surface area contributed by atoms with Gasteiger partial charge in [0.2, 0.25) is 0 Å². The third-order valence-electron chi connectivity index (χ3n) is 25.5. The second kappa shape index (κ2) is 25.6. The zero-order valence-electron chi connectivity index (χ0n) is 56.2. The first-order valence-electron chi connectivity index (χ1n) is 36.7. The normalized spacial score (nSPS) is 35.1. The number of alkyl halides is 3. The molecule has 3 aromatic carbocycles. The summed E-state index contributed by atoms with van der Waals surface area (Å²) in [6.07, 6.45) is 66.8. The fourth-order valence-electron chi connectivity index (χ4n) is 21.4. The van der Waals surface area contributed by atoms with Crippen molar-refractivity contribution in [3.05, 3.63) is 340 Å². The monoisotopic (exact) mass is 1340 g/mol. The van der Waals surface area contributed by atoms with E-state index in [1.807, 2.05) is 24.3 Å². The molecule has 99 heavy (non-hydrogen) atoms. The molecule has 17 rings (SSSR count). The Hall–Kier alpha value is -8.40. The summed E-state index contributed by atoms with van der Waals surface area (Å²) in [5, 5.41) is 4.31. The van der Waals surface area contributed by atoms with E-state index in [9.17, 15) is 0 Å². The first-order valence-corrected chi connectivity index (χ1v) is 38.8. The summed E-state index contributed by atoms with van der Waals surface area (Å²) in [5.41, 5.74) is 12.5. The number of allylic oxidation sites excluding steroid dienone is 35. The van der Waals surface area contributed by atoms with E-state index in [4.69, 9.17) is 0 Å². The second-order valence-corrected chi connectivity index (χ2v) is 34.2. The Balaban J connectivity index is 0.843. The Morgan fingerprint density at radius 1 is 0.636 bits per heavy atom. The van der Waals surface area contributed by atoms with Gasteiger partial charge in [-0.15, -0.1) is 13.2 Å². The third kappa shape index (κ3) is 10.2. The van der Waals surface area contributed by atoms with Crippen molar-refractivity contribution in [2.24, 2.45) is 46.8 Å². The first-order chi connectivity index (χ1) is 48.4.